The van der Waals surface area contributed by atoms with E-state index < -0.39 is 16.9 Å². The third kappa shape index (κ3) is 3.87. The molecule has 0 aliphatic carbocycles. The average Bonchev–Trinajstić information content (AvgIpc) is 3.08. The number of benzene rings is 1. The van der Waals surface area contributed by atoms with Gasteiger partial charge in [0.2, 0.25) is 0 Å². The van der Waals surface area contributed by atoms with E-state index in [1.165, 1.54) is 6.07 Å². The molecule has 1 heterocycles. The third-order valence-corrected chi connectivity index (χ3v) is 3.48. The second-order valence-electron chi connectivity index (χ2n) is 5.04. The number of H-pyrrole nitrogens is 1. The Morgan fingerprint density at radius 1 is 1.43 bits per heavy atom. The summed E-state index contributed by atoms with van der Waals surface area (Å²) in [5.74, 6) is -0.0149. The molecule has 0 unspecified atom stereocenters. The molecule has 0 spiro atoms. The average molecular weight is 318 g/mol. The Hall–Kier alpha value is -2.84. The standard InChI is InChI=1S/C14H18N6O3/c1-3-5-11(13-16-18-19-17-13)15-14(21)10-7-6-9(4-2)12(8-10)20(22)23/h6-8,11H,3-5H2,1-2H3,(H,15,21)(H,16,17,18,19)/t11-/m1/s1. The zero-order chi connectivity index (χ0) is 16.8. The number of hydrogen-bond acceptors (Lipinski definition) is 6. The van der Waals surface area contributed by atoms with Gasteiger partial charge in [-0.05, 0) is 18.9 Å². The highest BCUT2D eigenvalue weighted by molar-refractivity contribution is 5.95. The molecule has 23 heavy (non-hydrogen) atoms. The highest BCUT2D eigenvalue weighted by Crippen LogP contribution is 2.22. The summed E-state index contributed by atoms with van der Waals surface area (Å²) >= 11 is 0. The van der Waals surface area contributed by atoms with Crippen molar-refractivity contribution in [3.63, 3.8) is 0 Å². The third-order valence-electron chi connectivity index (χ3n) is 3.48. The van der Waals surface area contributed by atoms with Gasteiger partial charge < -0.3 is 5.32 Å². The minimum atomic E-state index is -0.474. The lowest BCUT2D eigenvalue weighted by atomic mass is 10.1. The van der Waals surface area contributed by atoms with Crippen LogP contribution in [0.5, 0.6) is 0 Å². The maximum atomic E-state index is 12.4. The van der Waals surface area contributed by atoms with E-state index in [1.54, 1.807) is 12.1 Å². The summed E-state index contributed by atoms with van der Waals surface area (Å²) in [6, 6.07) is 4.10. The second kappa shape index (κ2) is 7.43. The number of aromatic amines is 1. The van der Waals surface area contributed by atoms with Crippen LogP contribution < -0.4 is 5.32 Å². The molecule has 0 fully saturated rings. The van der Waals surface area contributed by atoms with Crippen molar-refractivity contribution in [1.29, 1.82) is 0 Å². The minimum Gasteiger partial charge on any atom is -0.342 e. The lowest BCUT2D eigenvalue weighted by Gasteiger charge is -2.14. The maximum Gasteiger partial charge on any atom is 0.273 e. The van der Waals surface area contributed by atoms with E-state index in [-0.39, 0.29) is 11.3 Å². The fourth-order valence-corrected chi connectivity index (χ4v) is 2.29. The Morgan fingerprint density at radius 2 is 2.22 bits per heavy atom. The predicted molar refractivity (Wildman–Crippen MR) is 81.8 cm³/mol. The van der Waals surface area contributed by atoms with Gasteiger partial charge in [0.1, 0.15) is 0 Å². The van der Waals surface area contributed by atoms with Gasteiger partial charge in [-0.3, -0.25) is 14.9 Å². The Labute approximate surface area is 132 Å². The number of tetrazole rings is 1. The van der Waals surface area contributed by atoms with Crippen molar-refractivity contribution in [3.8, 4) is 0 Å². The van der Waals surface area contributed by atoms with Crippen LogP contribution in [0.25, 0.3) is 0 Å². The van der Waals surface area contributed by atoms with Crippen LogP contribution >= 0.6 is 0 Å². The molecule has 122 valence electrons. The molecule has 0 saturated heterocycles. The Bertz CT molecular complexity index is 686. The number of carbonyl (C=O) groups is 1. The summed E-state index contributed by atoms with van der Waals surface area (Å²) in [4.78, 5) is 23.0. The van der Waals surface area contributed by atoms with Gasteiger partial charge in [-0.2, -0.15) is 5.21 Å². The van der Waals surface area contributed by atoms with Crippen molar-refractivity contribution in [1.82, 2.24) is 25.9 Å². The number of rotatable bonds is 7. The number of amides is 1. The number of nitrogens with one attached hydrogen (secondary N) is 2. The number of carbonyl (C=O) groups excluding carboxylic acids is 1. The first-order valence-electron chi connectivity index (χ1n) is 7.38. The number of hydrogen-bond donors (Lipinski definition) is 2. The molecule has 0 aliphatic heterocycles. The van der Waals surface area contributed by atoms with Crippen molar-refractivity contribution >= 4 is 11.6 Å². The summed E-state index contributed by atoms with van der Waals surface area (Å²) in [5, 5.41) is 27.5. The van der Waals surface area contributed by atoms with Gasteiger partial charge in [-0.25, -0.2) is 0 Å². The summed E-state index contributed by atoms with van der Waals surface area (Å²) in [6.07, 6.45) is 1.98. The summed E-state index contributed by atoms with van der Waals surface area (Å²) < 4.78 is 0. The van der Waals surface area contributed by atoms with Crippen molar-refractivity contribution in [2.75, 3.05) is 0 Å². The van der Waals surface area contributed by atoms with Gasteiger partial charge >= 0.3 is 0 Å². The first kappa shape index (κ1) is 16.5. The lowest BCUT2D eigenvalue weighted by molar-refractivity contribution is -0.385. The van der Waals surface area contributed by atoms with E-state index in [0.29, 0.717) is 24.2 Å². The van der Waals surface area contributed by atoms with E-state index in [1.807, 2.05) is 13.8 Å². The smallest absolute Gasteiger partial charge is 0.273 e. The molecule has 0 aliphatic rings. The van der Waals surface area contributed by atoms with Crippen LogP contribution in [0.15, 0.2) is 18.2 Å². The fourth-order valence-electron chi connectivity index (χ4n) is 2.29. The largest absolute Gasteiger partial charge is 0.342 e. The monoisotopic (exact) mass is 318 g/mol. The number of aromatic nitrogens is 4. The van der Waals surface area contributed by atoms with Crippen LogP contribution in [0.2, 0.25) is 0 Å². The van der Waals surface area contributed by atoms with Gasteiger partial charge in [0.15, 0.2) is 5.82 Å². The van der Waals surface area contributed by atoms with E-state index in [4.69, 9.17) is 0 Å². The number of nitro benzene ring substituents is 1. The molecule has 1 aromatic carbocycles. The molecule has 1 amide bonds. The van der Waals surface area contributed by atoms with Crippen LogP contribution in [0, 0.1) is 10.1 Å². The van der Waals surface area contributed by atoms with Gasteiger partial charge in [-0.15, -0.1) is 10.2 Å². The van der Waals surface area contributed by atoms with Crippen LogP contribution in [-0.2, 0) is 6.42 Å². The van der Waals surface area contributed by atoms with Crippen molar-refractivity contribution in [2.24, 2.45) is 0 Å². The summed E-state index contributed by atoms with van der Waals surface area (Å²) in [5.41, 5.74) is 0.778. The molecular formula is C14H18N6O3. The maximum absolute atomic E-state index is 12.4. The van der Waals surface area contributed by atoms with Gasteiger partial charge in [-0.1, -0.05) is 31.5 Å². The van der Waals surface area contributed by atoms with Crippen LogP contribution in [0.3, 0.4) is 0 Å². The molecule has 2 aromatic rings. The highest BCUT2D eigenvalue weighted by Gasteiger charge is 2.21. The quantitative estimate of drug-likeness (QED) is 0.593. The first-order valence-corrected chi connectivity index (χ1v) is 7.38. The van der Waals surface area contributed by atoms with Gasteiger partial charge in [0.25, 0.3) is 11.6 Å². The lowest BCUT2D eigenvalue weighted by Crippen LogP contribution is -2.29. The molecule has 1 aromatic heterocycles. The topological polar surface area (TPSA) is 127 Å². The molecule has 0 saturated carbocycles. The molecule has 2 N–H and O–H groups in total. The molecule has 9 nitrogen and oxygen atoms in total. The summed E-state index contributed by atoms with van der Waals surface area (Å²) in [6.45, 7) is 3.80. The normalized spacial score (nSPS) is 11.9. The fraction of sp³-hybridized carbons (Fsp3) is 0.429. The van der Waals surface area contributed by atoms with Crippen LogP contribution in [0.1, 0.15) is 54.5 Å². The van der Waals surface area contributed by atoms with Crippen molar-refractivity contribution in [3.05, 3.63) is 45.3 Å². The number of aryl methyl sites for hydroxylation is 1. The zero-order valence-corrected chi connectivity index (χ0v) is 12.9. The van der Waals surface area contributed by atoms with Crippen molar-refractivity contribution in [2.45, 2.75) is 39.2 Å². The van der Waals surface area contributed by atoms with E-state index in [9.17, 15) is 14.9 Å². The van der Waals surface area contributed by atoms with E-state index in [0.717, 1.165) is 6.42 Å². The van der Waals surface area contributed by atoms with Gasteiger partial charge in [0.05, 0.1) is 11.0 Å². The summed E-state index contributed by atoms with van der Waals surface area (Å²) in [7, 11) is 0. The molecule has 1 atom stereocenters. The van der Waals surface area contributed by atoms with Crippen LogP contribution in [-0.4, -0.2) is 31.5 Å². The number of nitro groups is 1. The van der Waals surface area contributed by atoms with Crippen LogP contribution in [0.4, 0.5) is 5.69 Å². The first-order chi connectivity index (χ1) is 11.1. The van der Waals surface area contributed by atoms with E-state index in [2.05, 4.69) is 25.9 Å². The Balaban J connectivity index is 2.22. The molecule has 2 rings (SSSR count). The highest BCUT2D eigenvalue weighted by atomic mass is 16.6. The Kier molecular flexibility index (Phi) is 5.34. The predicted octanol–water partition coefficient (Wildman–Crippen LogP) is 1.94. The Morgan fingerprint density at radius 3 is 2.78 bits per heavy atom. The molecular weight excluding hydrogens is 300 g/mol. The van der Waals surface area contributed by atoms with E-state index >= 15 is 0 Å². The number of nitrogens with zero attached hydrogens (tertiary/aromatic N) is 4. The second-order valence-corrected chi connectivity index (χ2v) is 5.04. The molecule has 9 heteroatoms. The SMILES string of the molecule is CCC[C@@H](NC(=O)c1ccc(CC)c([N+](=O)[O-])c1)c1nn[nH]n1. The minimum absolute atomic E-state index is 0.0493. The van der Waals surface area contributed by atoms with Gasteiger partial charge in [0, 0.05) is 17.2 Å². The molecule has 0 bridgehead atoms. The molecule has 0 radical (unpaired) electrons. The van der Waals surface area contributed by atoms with Crippen molar-refractivity contribution < 1.29 is 9.72 Å². The zero-order valence-electron chi connectivity index (χ0n) is 12.9.